The number of piperidine rings is 1. The molecule has 1 saturated heterocycles. The molecular weight excluding hydrogens is 332 g/mol. The Morgan fingerprint density at radius 3 is 2.08 bits per heavy atom. The van der Waals surface area contributed by atoms with Crippen LogP contribution in [-0.4, -0.2) is 23.0 Å². The Morgan fingerprint density at radius 2 is 1.56 bits per heavy atom. The van der Waals surface area contributed by atoms with Crippen LogP contribution in [-0.2, 0) is 10.2 Å². The van der Waals surface area contributed by atoms with Gasteiger partial charge in [-0.15, -0.1) is 0 Å². The Bertz CT molecular complexity index is 614. The summed E-state index contributed by atoms with van der Waals surface area (Å²) in [5.74, 6) is 0.200. The molecule has 0 aromatic heterocycles. The molecule has 138 valence electrons. The molecular formula is C21H31ClN2O. The molecule has 0 atom stereocenters. The SMILES string of the molecule is CC1(C)CC(NC(=O)C2(c3ccc(Cl)cc3)CCCC2)CC(C)(C)N1. The van der Waals surface area contributed by atoms with E-state index in [0.717, 1.165) is 49.1 Å². The van der Waals surface area contributed by atoms with E-state index in [4.69, 9.17) is 11.6 Å². The van der Waals surface area contributed by atoms with E-state index >= 15 is 0 Å². The van der Waals surface area contributed by atoms with Crippen molar-refractivity contribution in [3.8, 4) is 0 Å². The highest BCUT2D eigenvalue weighted by molar-refractivity contribution is 6.30. The summed E-state index contributed by atoms with van der Waals surface area (Å²) in [6.45, 7) is 8.88. The second-order valence-corrected chi connectivity index (χ2v) is 9.70. The van der Waals surface area contributed by atoms with E-state index in [-0.39, 0.29) is 28.4 Å². The first-order chi connectivity index (χ1) is 11.6. The number of nitrogens with one attached hydrogen (secondary N) is 2. The molecule has 0 unspecified atom stereocenters. The molecule has 1 aliphatic carbocycles. The monoisotopic (exact) mass is 362 g/mol. The summed E-state index contributed by atoms with van der Waals surface area (Å²) in [6, 6.07) is 8.08. The van der Waals surface area contributed by atoms with Gasteiger partial charge in [0, 0.05) is 22.1 Å². The van der Waals surface area contributed by atoms with Gasteiger partial charge in [0.2, 0.25) is 5.91 Å². The molecule has 0 spiro atoms. The van der Waals surface area contributed by atoms with Crippen LogP contribution in [0.2, 0.25) is 5.02 Å². The molecule has 2 N–H and O–H groups in total. The van der Waals surface area contributed by atoms with Crippen molar-refractivity contribution in [2.75, 3.05) is 0 Å². The van der Waals surface area contributed by atoms with E-state index in [9.17, 15) is 4.79 Å². The highest BCUT2D eigenvalue weighted by Crippen LogP contribution is 2.42. The van der Waals surface area contributed by atoms with Gasteiger partial charge in [-0.25, -0.2) is 0 Å². The molecule has 1 aromatic carbocycles. The summed E-state index contributed by atoms with van der Waals surface area (Å²) in [4.78, 5) is 13.4. The van der Waals surface area contributed by atoms with Crippen LogP contribution in [0.25, 0.3) is 0 Å². The minimum Gasteiger partial charge on any atom is -0.352 e. The Kier molecular flexibility index (Phi) is 4.93. The Morgan fingerprint density at radius 1 is 1.04 bits per heavy atom. The lowest BCUT2D eigenvalue weighted by atomic mass is 9.76. The maximum atomic E-state index is 13.4. The third kappa shape index (κ3) is 4.03. The van der Waals surface area contributed by atoms with Gasteiger partial charge in [0.05, 0.1) is 5.41 Å². The first-order valence-electron chi connectivity index (χ1n) is 9.48. The molecule has 2 aliphatic rings. The van der Waals surface area contributed by atoms with Crippen LogP contribution in [0.15, 0.2) is 24.3 Å². The Hall–Kier alpha value is -1.06. The molecule has 2 fully saturated rings. The number of amides is 1. The molecule has 1 heterocycles. The van der Waals surface area contributed by atoms with Crippen LogP contribution in [0.4, 0.5) is 0 Å². The number of hydrogen-bond donors (Lipinski definition) is 2. The zero-order chi connectivity index (χ0) is 18.3. The predicted octanol–water partition coefficient (Wildman–Crippen LogP) is 4.58. The molecule has 4 heteroatoms. The van der Waals surface area contributed by atoms with Crippen molar-refractivity contribution in [2.24, 2.45) is 0 Å². The zero-order valence-electron chi connectivity index (χ0n) is 15.9. The highest BCUT2D eigenvalue weighted by atomic mass is 35.5. The summed E-state index contributed by atoms with van der Waals surface area (Å²) in [5, 5.41) is 7.82. The maximum absolute atomic E-state index is 13.4. The van der Waals surface area contributed by atoms with Crippen LogP contribution in [0.5, 0.6) is 0 Å². The van der Waals surface area contributed by atoms with Crippen molar-refractivity contribution in [2.45, 2.75) is 88.8 Å². The molecule has 25 heavy (non-hydrogen) atoms. The Labute approximate surface area is 156 Å². The van der Waals surface area contributed by atoms with Gasteiger partial charge in [0.1, 0.15) is 0 Å². The number of hydrogen-bond acceptors (Lipinski definition) is 2. The quantitative estimate of drug-likeness (QED) is 0.826. The molecule has 0 bridgehead atoms. The number of benzene rings is 1. The van der Waals surface area contributed by atoms with Crippen LogP contribution in [0.1, 0.15) is 71.8 Å². The number of halogens is 1. The van der Waals surface area contributed by atoms with E-state index in [2.05, 4.69) is 38.3 Å². The van der Waals surface area contributed by atoms with Crippen LogP contribution in [0.3, 0.4) is 0 Å². The van der Waals surface area contributed by atoms with Gasteiger partial charge in [-0.05, 0) is 71.1 Å². The van der Waals surface area contributed by atoms with Crippen molar-refractivity contribution in [3.05, 3.63) is 34.9 Å². The average Bonchev–Trinajstić information content (AvgIpc) is 2.95. The van der Waals surface area contributed by atoms with Crippen molar-refractivity contribution < 1.29 is 4.79 Å². The second kappa shape index (κ2) is 6.59. The molecule has 1 aromatic rings. The molecule has 0 radical (unpaired) electrons. The summed E-state index contributed by atoms with van der Waals surface area (Å²) < 4.78 is 0. The predicted molar refractivity (Wildman–Crippen MR) is 104 cm³/mol. The lowest BCUT2D eigenvalue weighted by Crippen LogP contribution is -2.63. The van der Waals surface area contributed by atoms with E-state index in [0.29, 0.717) is 0 Å². The standard InChI is InChI=1S/C21H31ClN2O/c1-19(2)13-17(14-20(3,4)24-19)23-18(25)21(11-5-6-12-21)15-7-9-16(22)10-8-15/h7-10,17,24H,5-6,11-14H2,1-4H3,(H,23,25). The molecule has 1 aliphatic heterocycles. The molecule has 1 amide bonds. The minimum atomic E-state index is -0.385. The topological polar surface area (TPSA) is 41.1 Å². The average molecular weight is 363 g/mol. The van der Waals surface area contributed by atoms with Crippen molar-refractivity contribution in [1.82, 2.24) is 10.6 Å². The summed E-state index contributed by atoms with van der Waals surface area (Å²) >= 11 is 6.05. The fourth-order valence-corrected chi connectivity index (χ4v) is 5.27. The lowest BCUT2D eigenvalue weighted by Gasteiger charge is -2.47. The normalized spacial score (nSPS) is 24.8. The third-order valence-electron chi connectivity index (χ3n) is 5.81. The summed E-state index contributed by atoms with van der Waals surface area (Å²) in [7, 11) is 0. The molecule has 1 saturated carbocycles. The highest BCUT2D eigenvalue weighted by Gasteiger charge is 2.45. The fraction of sp³-hybridized carbons (Fsp3) is 0.667. The zero-order valence-corrected chi connectivity index (χ0v) is 16.7. The van der Waals surface area contributed by atoms with Crippen LogP contribution < -0.4 is 10.6 Å². The van der Waals surface area contributed by atoms with Gasteiger partial charge in [-0.3, -0.25) is 4.79 Å². The van der Waals surface area contributed by atoms with Crippen LogP contribution >= 0.6 is 11.6 Å². The van der Waals surface area contributed by atoms with Gasteiger partial charge in [-0.2, -0.15) is 0 Å². The van der Waals surface area contributed by atoms with E-state index in [1.165, 1.54) is 0 Å². The van der Waals surface area contributed by atoms with Crippen LogP contribution in [0, 0.1) is 0 Å². The summed E-state index contributed by atoms with van der Waals surface area (Å²) in [6.07, 6.45) is 5.99. The van der Waals surface area contributed by atoms with E-state index < -0.39 is 0 Å². The second-order valence-electron chi connectivity index (χ2n) is 9.27. The first kappa shape index (κ1) is 18.7. The smallest absolute Gasteiger partial charge is 0.230 e. The Balaban J connectivity index is 1.81. The number of carbonyl (C=O) groups excluding carboxylic acids is 1. The fourth-order valence-electron chi connectivity index (χ4n) is 5.14. The molecule has 3 rings (SSSR count). The van der Waals surface area contributed by atoms with E-state index in [1.54, 1.807) is 0 Å². The number of carbonyl (C=O) groups is 1. The van der Waals surface area contributed by atoms with Gasteiger partial charge in [-0.1, -0.05) is 36.6 Å². The van der Waals surface area contributed by atoms with E-state index in [1.807, 2.05) is 24.3 Å². The minimum absolute atomic E-state index is 0.0306. The lowest BCUT2D eigenvalue weighted by molar-refractivity contribution is -0.128. The first-order valence-corrected chi connectivity index (χ1v) is 9.86. The van der Waals surface area contributed by atoms with Gasteiger partial charge in [0.25, 0.3) is 0 Å². The summed E-state index contributed by atoms with van der Waals surface area (Å²) in [5.41, 5.74) is 0.786. The molecule has 3 nitrogen and oxygen atoms in total. The largest absolute Gasteiger partial charge is 0.352 e. The van der Waals surface area contributed by atoms with Gasteiger partial charge >= 0.3 is 0 Å². The van der Waals surface area contributed by atoms with Gasteiger partial charge < -0.3 is 10.6 Å². The number of rotatable bonds is 3. The maximum Gasteiger partial charge on any atom is 0.230 e. The van der Waals surface area contributed by atoms with Crippen molar-refractivity contribution in [3.63, 3.8) is 0 Å². The third-order valence-corrected chi connectivity index (χ3v) is 6.07. The van der Waals surface area contributed by atoms with Gasteiger partial charge in [0.15, 0.2) is 0 Å². The van der Waals surface area contributed by atoms with Crippen molar-refractivity contribution in [1.29, 1.82) is 0 Å². The van der Waals surface area contributed by atoms with Crippen molar-refractivity contribution >= 4 is 17.5 Å².